The molecule has 3 N–H and O–H groups in total. The quantitative estimate of drug-likeness (QED) is 0.465. The summed E-state index contributed by atoms with van der Waals surface area (Å²) < 4.78 is 7.11. The number of aliphatic hydroxyl groups excluding tert-OH is 1. The molecule has 7 heteroatoms. The molecule has 6 nitrogen and oxygen atoms in total. The lowest BCUT2D eigenvalue weighted by Gasteiger charge is -2.27. The maximum absolute atomic E-state index is 10.2. The fourth-order valence-corrected chi connectivity index (χ4v) is 4.76. The molecule has 0 amide bonds. The number of aliphatic hydroxyl groups is 1. The van der Waals surface area contributed by atoms with Crippen LogP contribution in [-0.2, 0) is 6.61 Å². The van der Waals surface area contributed by atoms with Gasteiger partial charge in [0.25, 0.3) is 0 Å². The van der Waals surface area contributed by atoms with Crippen LogP contribution < -0.4 is 10.1 Å². The molecule has 0 unspecified atom stereocenters. The number of anilines is 1. The van der Waals surface area contributed by atoms with Crippen LogP contribution >= 0.6 is 11.3 Å². The number of ether oxygens (including phenoxy) is 1. The van der Waals surface area contributed by atoms with E-state index in [4.69, 9.17) is 4.74 Å². The molecule has 3 heterocycles. The summed E-state index contributed by atoms with van der Waals surface area (Å²) in [6.07, 6.45) is 7.51. The molecule has 144 valence electrons. The van der Waals surface area contributed by atoms with Gasteiger partial charge in [-0.3, -0.25) is 0 Å². The molecule has 3 aromatic heterocycles. The van der Waals surface area contributed by atoms with Crippen LogP contribution in [0.25, 0.3) is 21.3 Å². The molecule has 0 saturated heterocycles. The van der Waals surface area contributed by atoms with Crippen LogP contribution in [0.15, 0.2) is 42.7 Å². The number of pyridine rings is 1. The number of hydrogen-bond acceptors (Lipinski definition) is 6. The Balaban J connectivity index is 1.31. The second-order valence-electron chi connectivity index (χ2n) is 7.25. The van der Waals surface area contributed by atoms with Crippen molar-refractivity contribution >= 4 is 37.7 Å². The molecule has 1 aliphatic rings. The van der Waals surface area contributed by atoms with Crippen molar-refractivity contribution in [3.63, 3.8) is 0 Å². The summed E-state index contributed by atoms with van der Waals surface area (Å²) in [5.74, 6) is 0.820. The molecule has 2 atom stereocenters. The molecule has 1 aromatic carbocycles. The van der Waals surface area contributed by atoms with Crippen molar-refractivity contribution in [1.82, 2.24) is 15.0 Å². The van der Waals surface area contributed by atoms with Crippen LogP contribution in [0, 0.1) is 0 Å². The maximum Gasteiger partial charge on any atom is 0.184 e. The molecule has 5 rings (SSSR count). The fraction of sp³-hybridized carbons (Fsp3) is 0.333. The van der Waals surface area contributed by atoms with E-state index in [9.17, 15) is 5.11 Å². The molecule has 0 radical (unpaired) electrons. The summed E-state index contributed by atoms with van der Waals surface area (Å²) >= 11 is 1.60. The molecular weight excluding hydrogens is 372 g/mol. The predicted octanol–water partition coefficient (Wildman–Crippen LogP) is 4.47. The third kappa shape index (κ3) is 3.43. The first-order valence-corrected chi connectivity index (χ1v) is 10.5. The van der Waals surface area contributed by atoms with Gasteiger partial charge in [0.2, 0.25) is 0 Å². The first kappa shape index (κ1) is 17.5. The molecule has 1 fully saturated rings. The number of hydrogen-bond donors (Lipinski definition) is 3. The Bertz CT molecular complexity index is 1110. The number of nitrogens with zero attached hydrogens (tertiary/aromatic N) is 2. The lowest BCUT2D eigenvalue weighted by atomic mass is 9.93. The van der Waals surface area contributed by atoms with Crippen molar-refractivity contribution in [2.75, 3.05) is 5.32 Å². The summed E-state index contributed by atoms with van der Waals surface area (Å²) in [5, 5.41) is 15.5. The molecule has 1 aliphatic carbocycles. The molecule has 0 bridgehead atoms. The van der Waals surface area contributed by atoms with Gasteiger partial charge in [-0.2, -0.15) is 0 Å². The van der Waals surface area contributed by atoms with Gasteiger partial charge in [-0.1, -0.05) is 24.2 Å². The van der Waals surface area contributed by atoms with E-state index in [-0.39, 0.29) is 12.1 Å². The SMILES string of the molecule is O[C@H]1CCCC[C@@H]1Nc1nc2ccc(OCc3ccnc4[nH]ccc34)cc2s1. The summed E-state index contributed by atoms with van der Waals surface area (Å²) in [6, 6.07) is 10.1. The second kappa shape index (κ2) is 7.41. The molecule has 1 saturated carbocycles. The molecular formula is C21H22N4O2S. The van der Waals surface area contributed by atoms with Crippen molar-refractivity contribution in [3.8, 4) is 5.75 Å². The number of benzene rings is 1. The normalized spacial score (nSPS) is 19.9. The van der Waals surface area contributed by atoms with Gasteiger partial charge in [-0.15, -0.1) is 0 Å². The van der Waals surface area contributed by atoms with E-state index in [0.717, 1.165) is 63.4 Å². The van der Waals surface area contributed by atoms with Crippen molar-refractivity contribution < 1.29 is 9.84 Å². The minimum absolute atomic E-state index is 0.0977. The largest absolute Gasteiger partial charge is 0.489 e. The maximum atomic E-state index is 10.2. The van der Waals surface area contributed by atoms with Gasteiger partial charge in [-0.05, 0) is 43.2 Å². The van der Waals surface area contributed by atoms with Gasteiger partial charge in [-0.25, -0.2) is 9.97 Å². The van der Waals surface area contributed by atoms with E-state index < -0.39 is 0 Å². The van der Waals surface area contributed by atoms with Gasteiger partial charge in [0.15, 0.2) is 5.13 Å². The highest BCUT2D eigenvalue weighted by Crippen LogP contribution is 2.32. The summed E-state index contributed by atoms with van der Waals surface area (Å²) in [6.45, 7) is 0.487. The smallest absolute Gasteiger partial charge is 0.184 e. The fourth-order valence-electron chi connectivity index (χ4n) is 3.80. The number of thiazole rings is 1. The van der Waals surface area contributed by atoms with E-state index in [2.05, 4.69) is 20.3 Å². The Morgan fingerprint density at radius 2 is 2.14 bits per heavy atom. The molecule has 28 heavy (non-hydrogen) atoms. The van der Waals surface area contributed by atoms with Crippen molar-refractivity contribution in [3.05, 3.63) is 48.3 Å². The number of aromatic nitrogens is 3. The van der Waals surface area contributed by atoms with Crippen LogP contribution in [0.3, 0.4) is 0 Å². The van der Waals surface area contributed by atoms with Gasteiger partial charge < -0.3 is 20.1 Å². The Morgan fingerprint density at radius 3 is 3.07 bits per heavy atom. The average Bonchev–Trinajstić information content (AvgIpc) is 3.34. The third-order valence-corrected chi connectivity index (χ3v) is 6.29. The molecule has 0 spiro atoms. The highest BCUT2D eigenvalue weighted by atomic mass is 32.1. The molecule has 0 aliphatic heterocycles. The zero-order chi connectivity index (χ0) is 18.9. The first-order chi connectivity index (χ1) is 13.8. The molecule has 4 aromatic rings. The minimum Gasteiger partial charge on any atom is -0.489 e. The number of rotatable bonds is 5. The van der Waals surface area contributed by atoms with E-state index in [1.807, 2.05) is 36.5 Å². The van der Waals surface area contributed by atoms with Crippen molar-refractivity contribution in [2.24, 2.45) is 0 Å². The average molecular weight is 395 g/mol. The van der Waals surface area contributed by atoms with Crippen LogP contribution in [0.2, 0.25) is 0 Å². The van der Waals surface area contributed by atoms with E-state index in [1.165, 1.54) is 0 Å². The van der Waals surface area contributed by atoms with Gasteiger partial charge in [0, 0.05) is 23.3 Å². The van der Waals surface area contributed by atoms with Crippen molar-refractivity contribution in [2.45, 2.75) is 44.4 Å². The number of nitrogens with one attached hydrogen (secondary N) is 2. The highest BCUT2D eigenvalue weighted by molar-refractivity contribution is 7.22. The van der Waals surface area contributed by atoms with Crippen molar-refractivity contribution in [1.29, 1.82) is 0 Å². The third-order valence-electron chi connectivity index (χ3n) is 5.34. The first-order valence-electron chi connectivity index (χ1n) is 9.65. The number of aromatic amines is 1. The Morgan fingerprint density at radius 1 is 1.21 bits per heavy atom. The Hall–Kier alpha value is -2.64. The van der Waals surface area contributed by atoms with Gasteiger partial charge in [0.1, 0.15) is 18.0 Å². The minimum atomic E-state index is -0.287. The zero-order valence-electron chi connectivity index (χ0n) is 15.4. The second-order valence-corrected chi connectivity index (χ2v) is 8.28. The summed E-state index contributed by atoms with van der Waals surface area (Å²) in [4.78, 5) is 12.1. The van der Waals surface area contributed by atoms with Crippen LogP contribution in [0.1, 0.15) is 31.2 Å². The number of H-pyrrole nitrogens is 1. The van der Waals surface area contributed by atoms with Gasteiger partial charge in [0.05, 0.1) is 22.4 Å². The monoisotopic (exact) mass is 394 g/mol. The topological polar surface area (TPSA) is 83.1 Å². The summed E-state index contributed by atoms with van der Waals surface area (Å²) in [5.41, 5.74) is 2.92. The van der Waals surface area contributed by atoms with Crippen LogP contribution in [0.5, 0.6) is 5.75 Å². The van der Waals surface area contributed by atoms with Gasteiger partial charge >= 0.3 is 0 Å². The Kier molecular flexibility index (Phi) is 4.62. The van der Waals surface area contributed by atoms with Crippen LogP contribution in [0.4, 0.5) is 5.13 Å². The summed E-state index contributed by atoms with van der Waals surface area (Å²) in [7, 11) is 0. The highest BCUT2D eigenvalue weighted by Gasteiger charge is 2.23. The predicted molar refractivity (Wildman–Crippen MR) is 112 cm³/mol. The van der Waals surface area contributed by atoms with Crippen LogP contribution in [-0.4, -0.2) is 32.2 Å². The lowest BCUT2D eigenvalue weighted by molar-refractivity contribution is 0.116. The van der Waals surface area contributed by atoms with E-state index >= 15 is 0 Å². The van der Waals surface area contributed by atoms with E-state index in [0.29, 0.717) is 6.61 Å². The lowest BCUT2D eigenvalue weighted by Crippen LogP contribution is -2.36. The Labute approximate surface area is 166 Å². The number of fused-ring (bicyclic) bond motifs is 2. The van der Waals surface area contributed by atoms with E-state index in [1.54, 1.807) is 17.5 Å². The standard InChI is InChI=1S/C21H22N4O2S/c26-18-4-2-1-3-16(18)24-21-25-17-6-5-14(11-19(17)28-21)27-12-13-7-9-22-20-15(13)8-10-23-20/h5-11,16,18,26H,1-4,12H2,(H,22,23)(H,24,25)/t16-,18-/m0/s1. The zero-order valence-corrected chi connectivity index (χ0v) is 16.2.